The third-order valence-corrected chi connectivity index (χ3v) is 7.93. The Morgan fingerprint density at radius 2 is 1.98 bits per heavy atom. The Bertz CT molecular complexity index is 1600. The molecule has 1 aromatic carbocycles. The van der Waals surface area contributed by atoms with E-state index >= 15 is 0 Å². The van der Waals surface area contributed by atoms with Crippen molar-refractivity contribution in [1.29, 1.82) is 0 Å². The summed E-state index contributed by atoms with van der Waals surface area (Å²) in [6.45, 7) is 10.0. The van der Waals surface area contributed by atoms with E-state index in [1.54, 1.807) is 70.6 Å². The molecule has 2 aromatic heterocycles. The number of nitrogens with zero attached hydrogens (tertiary/aromatic N) is 3. The summed E-state index contributed by atoms with van der Waals surface area (Å²) in [7, 11) is -4.40. The van der Waals surface area contributed by atoms with Crippen LogP contribution in [-0.4, -0.2) is 68.4 Å². The first kappa shape index (κ1) is 33.5. The number of hydroxylamine groups is 1. The molecule has 4 heterocycles. The molecule has 0 saturated carbocycles. The molecule has 14 nitrogen and oxygen atoms in total. The van der Waals surface area contributed by atoms with Crippen LogP contribution in [0.25, 0.3) is 11.0 Å². The zero-order valence-corrected chi connectivity index (χ0v) is 27.2. The Balaban J connectivity index is 1.30. The van der Waals surface area contributed by atoms with E-state index in [0.29, 0.717) is 22.3 Å². The summed E-state index contributed by atoms with van der Waals surface area (Å²) >= 11 is 6.41. The molecular formula is C28H36ClFN5O9P. The zero-order valence-electron chi connectivity index (χ0n) is 25.5. The molecule has 2 fully saturated rings. The maximum atomic E-state index is 14.4. The zero-order chi connectivity index (χ0) is 32.7. The average molecular weight is 672 g/mol. The minimum Gasteiger partial charge on any atom is -0.442 e. The van der Waals surface area contributed by atoms with Gasteiger partial charge in [0.2, 0.25) is 0 Å². The normalized spacial score (nSPS) is 24.6. The van der Waals surface area contributed by atoms with E-state index in [4.69, 9.17) is 35.3 Å². The van der Waals surface area contributed by atoms with Gasteiger partial charge in [-0.3, -0.25) is 4.57 Å². The van der Waals surface area contributed by atoms with E-state index in [0.717, 1.165) is 0 Å². The number of ether oxygens (including phenoxy) is 5. The standard InChI is InChI=1S/C28H36ClFN5O9P/c1-15(16-9-7-8-10-18(16)30)32-19-11-21(29)33-24-17(19)12-31-35(24)25-23-22(41-28(5,6)42-23)20(40-25)13-39-14-45(37,38)44-34-26(36)43-27(2,3)4/h7-12,15,20,22-23,25H,13-14H2,1-6H3,(H,32,33)(H,34,36)(H,37,38)/t15-,20+,22+,23+,25+/m0/s1. The number of nitrogens with one attached hydrogen (secondary N) is 2. The Kier molecular flexibility index (Phi) is 9.47. The highest BCUT2D eigenvalue weighted by atomic mass is 35.5. The lowest BCUT2D eigenvalue weighted by Crippen LogP contribution is -2.33. The van der Waals surface area contributed by atoms with Crippen molar-refractivity contribution in [2.75, 3.05) is 18.3 Å². The SMILES string of the molecule is C[C@H](Nc1cc(Cl)nc2c1cnn2[C@@H]1O[C@H](COCP(=O)(O)ONC(=O)OC(C)(C)C)[C@H]2OC(C)(C)O[C@H]21)c1ccccc1F. The van der Waals surface area contributed by atoms with Gasteiger partial charge in [0.15, 0.2) is 17.7 Å². The average Bonchev–Trinajstić information content (AvgIpc) is 3.57. The lowest BCUT2D eigenvalue weighted by Gasteiger charge is -2.24. The molecule has 6 atom stereocenters. The van der Waals surface area contributed by atoms with Gasteiger partial charge in [0.05, 0.1) is 29.9 Å². The van der Waals surface area contributed by atoms with Gasteiger partial charge in [-0.25, -0.2) is 18.9 Å². The number of carbonyl (C=O) groups is 1. The smallest absolute Gasteiger partial charge is 0.432 e. The number of amides is 1. The van der Waals surface area contributed by atoms with Crippen molar-refractivity contribution in [1.82, 2.24) is 20.2 Å². The van der Waals surface area contributed by atoms with Crippen molar-refractivity contribution in [3.63, 3.8) is 0 Å². The first-order valence-electron chi connectivity index (χ1n) is 14.1. The van der Waals surface area contributed by atoms with Crippen LogP contribution in [-0.2, 0) is 32.9 Å². The van der Waals surface area contributed by atoms with Crippen LogP contribution in [0.15, 0.2) is 36.5 Å². The molecule has 0 aliphatic carbocycles. The van der Waals surface area contributed by atoms with E-state index in [9.17, 15) is 18.6 Å². The van der Waals surface area contributed by atoms with Crippen LogP contribution in [0.5, 0.6) is 0 Å². The van der Waals surface area contributed by atoms with E-state index in [1.165, 1.54) is 10.7 Å². The second-order valence-electron chi connectivity index (χ2n) is 12.2. The maximum Gasteiger partial charge on any atom is 0.432 e. The van der Waals surface area contributed by atoms with Gasteiger partial charge in [-0.1, -0.05) is 29.8 Å². The van der Waals surface area contributed by atoms with Crippen LogP contribution >= 0.6 is 19.2 Å². The molecule has 2 aliphatic heterocycles. The van der Waals surface area contributed by atoms with Gasteiger partial charge in [-0.05, 0) is 53.7 Å². The van der Waals surface area contributed by atoms with Crippen molar-refractivity contribution in [2.24, 2.45) is 0 Å². The summed E-state index contributed by atoms with van der Waals surface area (Å²) in [6, 6.07) is 7.71. The summed E-state index contributed by atoms with van der Waals surface area (Å²) < 4.78 is 62.0. The molecule has 1 unspecified atom stereocenters. The number of pyridine rings is 1. The number of hydrogen-bond acceptors (Lipinski definition) is 11. The summed E-state index contributed by atoms with van der Waals surface area (Å²) in [5.41, 5.74) is 2.42. The molecule has 17 heteroatoms. The Morgan fingerprint density at radius 3 is 2.69 bits per heavy atom. The van der Waals surface area contributed by atoms with Crippen LogP contribution in [0.1, 0.15) is 59.4 Å². The molecule has 1 amide bonds. The second kappa shape index (κ2) is 12.7. The van der Waals surface area contributed by atoms with Crippen LogP contribution in [0.2, 0.25) is 5.15 Å². The van der Waals surface area contributed by atoms with E-state index < -0.39 is 62.0 Å². The summed E-state index contributed by atoms with van der Waals surface area (Å²) in [5, 5.41) is 8.60. The highest BCUT2D eigenvalue weighted by Gasteiger charge is 2.56. The molecule has 0 radical (unpaired) electrons. The molecule has 0 spiro atoms. The van der Waals surface area contributed by atoms with Gasteiger partial charge in [0.1, 0.15) is 41.2 Å². The van der Waals surface area contributed by atoms with Gasteiger partial charge >= 0.3 is 13.7 Å². The predicted octanol–water partition coefficient (Wildman–Crippen LogP) is 5.43. The molecule has 3 N–H and O–H groups in total. The first-order chi connectivity index (χ1) is 21.0. The first-order valence-corrected chi connectivity index (χ1v) is 16.3. The van der Waals surface area contributed by atoms with Crippen molar-refractivity contribution in [2.45, 2.75) is 83.5 Å². The van der Waals surface area contributed by atoms with Crippen LogP contribution in [0.3, 0.4) is 0 Å². The van der Waals surface area contributed by atoms with Crippen molar-refractivity contribution in [3.8, 4) is 0 Å². The third kappa shape index (κ3) is 7.92. The van der Waals surface area contributed by atoms with Gasteiger partial charge < -0.3 is 33.9 Å². The monoisotopic (exact) mass is 671 g/mol. The molecule has 246 valence electrons. The number of hydrogen-bond donors (Lipinski definition) is 3. The van der Waals surface area contributed by atoms with Crippen molar-refractivity contribution >= 4 is 42.0 Å². The van der Waals surface area contributed by atoms with Crippen molar-refractivity contribution in [3.05, 3.63) is 53.1 Å². The minimum atomic E-state index is -4.40. The third-order valence-electron chi connectivity index (χ3n) is 6.85. The van der Waals surface area contributed by atoms with Gasteiger partial charge in [0.25, 0.3) is 0 Å². The fourth-order valence-electron chi connectivity index (χ4n) is 5.14. The topological polar surface area (TPSA) is 165 Å². The Hall–Kier alpha value is -2.88. The summed E-state index contributed by atoms with van der Waals surface area (Å²) in [4.78, 5) is 26.4. The Labute approximate surface area is 263 Å². The number of benzene rings is 1. The lowest BCUT2D eigenvalue weighted by atomic mass is 10.1. The van der Waals surface area contributed by atoms with Gasteiger partial charge in [0, 0.05) is 5.56 Å². The number of halogens is 2. The highest BCUT2D eigenvalue weighted by Crippen LogP contribution is 2.45. The molecule has 45 heavy (non-hydrogen) atoms. The molecule has 5 rings (SSSR count). The lowest BCUT2D eigenvalue weighted by molar-refractivity contribution is -0.202. The maximum absolute atomic E-state index is 14.4. The molecule has 2 aliphatic rings. The Morgan fingerprint density at radius 1 is 1.27 bits per heavy atom. The van der Waals surface area contributed by atoms with Crippen LogP contribution in [0.4, 0.5) is 14.9 Å². The van der Waals surface area contributed by atoms with Gasteiger partial charge in [-0.2, -0.15) is 15.2 Å². The highest BCUT2D eigenvalue weighted by molar-refractivity contribution is 7.52. The molecule has 3 aromatic rings. The minimum absolute atomic E-state index is 0.171. The largest absolute Gasteiger partial charge is 0.442 e. The van der Waals surface area contributed by atoms with Crippen LogP contribution in [0, 0.1) is 5.82 Å². The fourth-order valence-corrected chi connectivity index (χ4v) is 5.93. The summed E-state index contributed by atoms with van der Waals surface area (Å²) in [6.07, 6.45) is -3.07. The van der Waals surface area contributed by atoms with E-state index in [2.05, 4.69) is 20.0 Å². The van der Waals surface area contributed by atoms with E-state index in [1.807, 2.05) is 6.92 Å². The molecule has 2 saturated heterocycles. The summed E-state index contributed by atoms with van der Waals surface area (Å²) in [5.74, 6) is -1.31. The fraction of sp³-hybridized carbons (Fsp3) is 0.536. The number of fused-ring (bicyclic) bond motifs is 2. The number of rotatable bonds is 10. The van der Waals surface area contributed by atoms with Gasteiger partial charge in [-0.15, -0.1) is 0 Å². The number of aromatic nitrogens is 3. The number of carbonyl (C=O) groups excluding carboxylic acids is 1. The van der Waals surface area contributed by atoms with E-state index in [-0.39, 0.29) is 17.6 Å². The number of anilines is 1. The van der Waals surface area contributed by atoms with Crippen molar-refractivity contribution < 1.29 is 47.0 Å². The predicted molar refractivity (Wildman–Crippen MR) is 160 cm³/mol. The van der Waals surface area contributed by atoms with Crippen LogP contribution < -0.4 is 10.8 Å². The quantitative estimate of drug-likeness (QED) is 0.142. The molecular weight excluding hydrogens is 636 g/mol. The molecule has 0 bridgehead atoms. The second-order valence-corrected chi connectivity index (χ2v) is 14.3.